The average Bonchev–Trinajstić information content (AvgIpc) is 2.81. The summed E-state index contributed by atoms with van der Waals surface area (Å²) in [5.41, 5.74) is 0.102. The van der Waals surface area contributed by atoms with Crippen LogP contribution >= 0.6 is 15.9 Å². The van der Waals surface area contributed by atoms with E-state index in [1.165, 1.54) is 0 Å². The van der Waals surface area contributed by atoms with Crippen molar-refractivity contribution in [2.45, 2.75) is 38.8 Å². The summed E-state index contributed by atoms with van der Waals surface area (Å²) < 4.78 is 0.932. The molecular formula is C15H19BrN2O3. The van der Waals surface area contributed by atoms with E-state index >= 15 is 0 Å². The van der Waals surface area contributed by atoms with Gasteiger partial charge in [0.2, 0.25) is 0 Å². The summed E-state index contributed by atoms with van der Waals surface area (Å²) in [7, 11) is 0. The summed E-state index contributed by atoms with van der Waals surface area (Å²) in [4.78, 5) is 23.3. The van der Waals surface area contributed by atoms with Crippen LogP contribution in [-0.2, 0) is 11.3 Å². The molecule has 1 fully saturated rings. The van der Waals surface area contributed by atoms with Crippen molar-refractivity contribution in [3.05, 3.63) is 34.3 Å². The molecule has 0 saturated heterocycles. The maximum atomic E-state index is 12.0. The largest absolute Gasteiger partial charge is 0.481 e. The second-order valence-corrected chi connectivity index (χ2v) is 6.44. The highest BCUT2D eigenvalue weighted by Gasteiger charge is 2.45. The Hall–Kier alpha value is -1.56. The number of aliphatic carboxylic acids is 1. The predicted molar refractivity (Wildman–Crippen MR) is 82.9 cm³/mol. The highest BCUT2D eigenvalue weighted by Crippen LogP contribution is 2.38. The third kappa shape index (κ3) is 3.56. The second kappa shape index (κ2) is 6.47. The molecule has 0 radical (unpaired) electrons. The van der Waals surface area contributed by atoms with Crippen molar-refractivity contribution in [3.63, 3.8) is 0 Å². The zero-order valence-electron chi connectivity index (χ0n) is 11.9. The molecule has 5 nitrogen and oxygen atoms in total. The minimum Gasteiger partial charge on any atom is -0.481 e. The van der Waals surface area contributed by atoms with Gasteiger partial charge in [0, 0.05) is 17.1 Å². The van der Waals surface area contributed by atoms with Crippen molar-refractivity contribution in [2.75, 3.05) is 0 Å². The van der Waals surface area contributed by atoms with Crippen LogP contribution in [0.4, 0.5) is 4.79 Å². The van der Waals surface area contributed by atoms with Gasteiger partial charge in [0.05, 0.1) is 5.41 Å². The molecule has 1 aliphatic carbocycles. The van der Waals surface area contributed by atoms with E-state index in [9.17, 15) is 14.7 Å². The highest BCUT2D eigenvalue weighted by atomic mass is 79.9. The van der Waals surface area contributed by atoms with Gasteiger partial charge in [-0.2, -0.15) is 0 Å². The minimum atomic E-state index is -0.870. The number of urea groups is 1. The molecule has 1 aliphatic rings. The van der Waals surface area contributed by atoms with Crippen LogP contribution < -0.4 is 10.6 Å². The van der Waals surface area contributed by atoms with E-state index in [2.05, 4.69) is 26.6 Å². The van der Waals surface area contributed by atoms with E-state index in [-0.39, 0.29) is 12.1 Å². The molecule has 6 heteroatoms. The maximum Gasteiger partial charge on any atom is 0.315 e. The Kier molecular flexibility index (Phi) is 4.88. The van der Waals surface area contributed by atoms with Crippen LogP contribution in [0.15, 0.2) is 28.7 Å². The zero-order valence-corrected chi connectivity index (χ0v) is 13.4. The lowest BCUT2D eigenvalue weighted by Crippen LogP contribution is -2.50. The van der Waals surface area contributed by atoms with Crippen LogP contribution in [0.25, 0.3) is 0 Å². The van der Waals surface area contributed by atoms with Crippen LogP contribution in [0.5, 0.6) is 0 Å². The molecule has 2 amide bonds. The Bertz CT molecular complexity index is 549. The highest BCUT2D eigenvalue weighted by molar-refractivity contribution is 9.10. The summed E-state index contributed by atoms with van der Waals surface area (Å²) in [5, 5.41) is 14.9. The molecule has 0 spiro atoms. The van der Waals surface area contributed by atoms with Crippen molar-refractivity contribution >= 4 is 27.9 Å². The SMILES string of the molecule is CC1(C(=O)O)CCCC1NC(=O)NCc1ccccc1Br. The lowest BCUT2D eigenvalue weighted by atomic mass is 9.85. The van der Waals surface area contributed by atoms with Crippen LogP contribution in [-0.4, -0.2) is 23.1 Å². The number of benzene rings is 1. The molecule has 0 heterocycles. The van der Waals surface area contributed by atoms with Gasteiger partial charge < -0.3 is 15.7 Å². The molecule has 3 N–H and O–H groups in total. The first kappa shape index (κ1) is 15.8. The summed E-state index contributed by atoms with van der Waals surface area (Å²) in [6.07, 6.45) is 2.11. The molecule has 0 aliphatic heterocycles. The molecule has 2 rings (SSSR count). The number of carboxylic acid groups (broad SMARTS) is 1. The molecular weight excluding hydrogens is 336 g/mol. The fraction of sp³-hybridized carbons (Fsp3) is 0.467. The number of carboxylic acids is 1. The van der Waals surface area contributed by atoms with Gasteiger partial charge in [0.1, 0.15) is 0 Å². The number of carbonyl (C=O) groups is 2. The number of halogens is 1. The third-order valence-corrected chi connectivity index (χ3v) is 4.92. The summed E-state index contributed by atoms with van der Waals surface area (Å²) in [6, 6.07) is 6.98. The Morgan fingerprint density at radius 2 is 2.14 bits per heavy atom. The topological polar surface area (TPSA) is 78.4 Å². The lowest BCUT2D eigenvalue weighted by Gasteiger charge is -2.27. The van der Waals surface area contributed by atoms with Gasteiger partial charge in [-0.25, -0.2) is 4.79 Å². The molecule has 2 unspecified atom stereocenters. The van der Waals surface area contributed by atoms with Crippen molar-refractivity contribution in [3.8, 4) is 0 Å². The van der Waals surface area contributed by atoms with Crippen molar-refractivity contribution < 1.29 is 14.7 Å². The molecule has 1 aromatic rings. The van der Waals surface area contributed by atoms with Crippen molar-refractivity contribution in [1.29, 1.82) is 0 Å². The smallest absolute Gasteiger partial charge is 0.315 e. The number of carbonyl (C=O) groups excluding carboxylic acids is 1. The van der Waals surface area contributed by atoms with Gasteiger partial charge in [-0.3, -0.25) is 4.79 Å². The number of hydrogen-bond donors (Lipinski definition) is 3. The van der Waals surface area contributed by atoms with E-state index in [1.807, 2.05) is 24.3 Å². The summed E-state index contributed by atoms with van der Waals surface area (Å²) >= 11 is 3.42. The first-order valence-corrected chi connectivity index (χ1v) is 7.74. The van der Waals surface area contributed by atoms with Crippen molar-refractivity contribution in [2.24, 2.45) is 5.41 Å². The van der Waals surface area contributed by atoms with E-state index in [1.54, 1.807) is 6.92 Å². The molecule has 114 valence electrons. The van der Waals surface area contributed by atoms with Gasteiger partial charge in [0.25, 0.3) is 0 Å². The molecule has 0 aromatic heterocycles. The molecule has 2 atom stereocenters. The van der Waals surface area contributed by atoms with Crippen molar-refractivity contribution in [1.82, 2.24) is 10.6 Å². The molecule has 1 aromatic carbocycles. The van der Waals surface area contributed by atoms with E-state index in [4.69, 9.17) is 0 Å². The van der Waals surface area contributed by atoms with Crippen LogP contribution in [0.3, 0.4) is 0 Å². The Labute approximate surface area is 132 Å². The predicted octanol–water partition coefficient (Wildman–Crippen LogP) is 2.89. The zero-order chi connectivity index (χ0) is 15.5. The number of rotatable bonds is 4. The van der Waals surface area contributed by atoms with E-state index in [0.717, 1.165) is 16.5 Å². The lowest BCUT2D eigenvalue weighted by molar-refractivity contribution is -0.148. The fourth-order valence-corrected chi connectivity index (χ4v) is 3.11. The monoisotopic (exact) mass is 354 g/mol. The first-order chi connectivity index (χ1) is 9.93. The third-order valence-electron chi connectivity index (χ3n) is 4.15. The van der Waals surface area contributed by atoms with E-state index < -0.39 is 11.4 Å². The second-order valence-electron chi connectivity index (χ2n) is 5.59. The van der Waals surface area contributed by atoms with Gasteiger partial charge in [-0.1, -0.05) is 40.5 Å². The fourth-order valence-electron chi connectivity index (χ4n) is 2.68. The van der Waals surface area contributed by atoms with Gasteiger partial charge in [-0.05, 0) is 31.4 Å². The quantitative estimate of drug-likeness (QED) is 0.777. The van der Waals surface area contributed by atoms with Crippen LogP contribution in [0.1, 0.15) is 31.7 Å². The molecule has 21 heavy (non-hydrogen) atoms. The first-order valence-electron chi connectivity index (χ1n) is 6.94. The summed E-state index contributed by atoms with van der Waals surface area (Å²) in [5.74, 6) is -0.851. The normalized spacial score (nSPS) is 24.6. The van der Waals surface area contributed by atoms with Gasteiger partial charge in [0.15, 0.2) is 0 Å². The number of amides is 2. The van der Waals surface area contributed by atoms with Crippen LogP contribution in [0.2, 0.25) is 0 Å². The average molecular weight is 355 g/mol. The number of hydrogen-bond acceptors (Lipinski definition) is 2. The standard InChI is InChI=1S/C15H19BrN2O3/c1-15(13(19)20)8-4-7-12(15)18-14(21)17-9-10-5-2-3-6-11(10)16/h2-3,5-6,12H,4,7-9H2,1H3,(H,19,20)(H2,17,18,21). The molecule has 1 saturated carbocycles. The summed E-state index contributed by atoms with van der Waals surface area (Å²) in [6.45, 7) is 2.09. The van der Waals surface area contributed by atoms with Gasteiger partial charge in [-0.15, -0.1) is 0 Å². The Balaban J connectivity index is 1.90. The minimum absolute atomic E-state index is 0.325. The van der Waals surface area contributed by atoms with Gasteiger partial charge >= 0.3 is 12.0 Å². The Morgan fingerprint density at radius 3 is 2.81 bits per heavy atom. The Morgan fingerprint density at radius 1 is 1.43 bits per heavy atom. The van der Waals surface area contributed by atoms with Crippen LogP contribution in [0, 0.1) is 5.41 Å². The number of nitrogens with one attached hydrogen (secondary N) is 2. The maximum absolute atomic E-state index is 12.0. The van der Waals surface area contributed by atoms with E-state index in [0.29, 0.717) is 19.4 Å². The molecule has 0 bridgehead atoms.